The first-order chi connectivity index (χ1) is 4.81. The van der Waals surface area contributed by atoms with Crippen LogP contribution in [0.4, 0.5) is 0 Å². The second kappa shape index (κ2) is 1.86. The third-order valence-corrected chi connectivity index (χ3v) is 2.05. The summed E-state index contributed by atoms with van der Waals surface area (Å²) in [6.45, 7) is 3.90. The van der Waals surface area contributed by atoms with Gasteiger partial charge in [-0.3, -0.25) is 0 Å². The first-order valence-corrected chi connectivity index (χ1v) is 3.52. The van der Waals surface area contributed by atoms with E-state index in [4.69, 9.17) is 4.74 Å². The van der Waals surface area contributed by atoms with Gasteiger partial charge in [0.25, 0.3) is 0 Å². The summed E-state index contributed by atoms with van der Waals surface area (Å²) in [5.74, 6) is 0. The van der Waals surface area contributed by atoms with Crippen LogP contribution in [0.5, 0.6) is 0 Å². The van der Waals surface area contributed by atoms with Crippen LogP contribution in [-0.4, -0.2) is 17.8 Å². The van der Waals surface area contributed by atoms with Crippen molar-refractivity contribution in [2.75, 3.05) is 13.2 Å². The molecule has 2 rings (SSSR count). The van der Waals surface area contributed by atoms with Gasteiger partial charge >= 0.3 is 0 Å². The number of ether oxygens (including phenoxy) is 1. The van der Waals surface area contributed by atoms with Crippen LogP contribution in [0.15, 0.2) is 24.5 Å². The zero-order valence-corrected chi connectivity index (χ0v) is 6.08. The van der Waals surface area contributed by atoms with Crippen molar-refractivity contribution in [2.24, 2.45) is 0 Å². The highest BCUT2D eigenvalue weighted by Gasteiger charge is 2.34. The van der Waals surface area contributed by atoms with Gasteiger partial charge < -0.3 is 9.30 Å². The molecule has 1 aromatic heterocycles. The topological polar surface area (TPSA) is 14.2 Å². The lowest BCUT2D eigenvalue weighted by molar-refractivity contribution is -0.0895. The van der Waals surface area contributed by atoms with Gasteiger partial charge in [0.05, 0.1) is 18.8 Å². The summed E-state index contributed by atoms with van der Waals surface area (Å²) >= 11 is 0. The zero-order chi connectivity index (χ0) is 7.03. The van der Waals surface area contributed by atoms with E-state index in [2.05, 4.69) is 23.9 Å². The maximum absolute atomic E-state index is 5.14. The normalized spacial score (nSPS) is 22.1. The van der Waals surface area contributed by atoms with Crippen molar-refractivity contribution in [1.29, 1.82) is 0 Å². The Bertz CT molecular complexity index is 211. The molecule has 2 heterocycles. The molecule has 0 spiro atoms. The Morgan fingerprint density at radius 1 is 1.30 bits per heavy atom. The molecule has 2 nitrogen and oxygen atoms in total. The molecule has 0 unspecified atom stereocenters. The minimum Gasteiger partial charge on any atom is -0.376 e. The van der Waals surface area contributed by atoms with Gasteiger partial charge in [0.15, 0.2) is 0 Å². The largest absolute Gasteiger partial charge is 0.376 e. The fraction of sp³-hybridized carbons (Fsp3) is 0.500. The van der Waals surface area contributed by atoms with Crippen molar-refractivity contribution in [2.45, 2.75) is 12.5 Å². The van der Waals surface area contributed by atoms with Crippen molar-refractivity contribution in [3.8, 4) is 0 Å². The predicted molar refractivity (Wildman–Crippen MR) is 38.9 cm³/mol. The van der Waals surface area contributed by atoms with Crippen molar-refractivity contribution in [1.82, 2.24) is 4.57 Å². The molecule has 10 heavy (non-hydrogen) atoms. The van der Waals surface area contributed by atoms with Gasteiger partial charge in [-0.1, -0.05) is 0 Å². The molecular weight excluding hydrogens is 126 g/mol. The summed E-state index contributed by atoms with van der Waals surface area (Å²) in [7, 11) is 0. The van der Waals surface area contributed by atoms with Crippen LogP contribution in [0.3, 0.4) is 0 Å². The van der Waals surface area contributed by atoms with E-state index in [0.717, 1.165) is 13.2 Å². The molecule has 0 bridgehead atoms. The van der Waals surface area contributed by atoms with Crippen molar-refractivity contribution < 1.29 is 4.74 Å². The molecule has 0 N–H and O–H groups in total. The van der Waals surface area contributed by atoms with Crippen LogP contribution in [0.1, 0.15) is 6.92 Å². The maximum Gasteiger partial charge on any atom is 0.0876 e. The Morgan fingerprint density at radius 3 is 2.30 bits per heavy atom. The lowest BCUT2D eigenvalue weighted by atomic mass is 10.0. The highest BCUT2D eigenvalue weighted by Crippen LogP contribution is 2.24. The zero-order valence-electron chi connectivity index (χ0n) is 6.08. The monoisotopic (exact) mass is 137 g/mol. The van der Waals surface area contributed by atoms with Gasteiger partial charge in [-0.15, -0.1) is 0 Å². The van der Waals surface area contributed by atoms with E-state index in [9.17, 15) is 0 Å². The minimum atomic E-state index is 0.240. The van der Waals surface area contributed by atoms with Crippen LogP contribution < -0.4 is 0 Å². The second-order valence-electron chi connectivity index (χ2n) is 3.08. The second-order valence-corrected chi connectivity index (χ2v) is 3.08. The number of rotatable bonds is 1. The van der Waals surface area contributed by atoms with Gasteiger partial charge in [-0.25, -0.2) is 0 Å². The fourth-order valence-corrected chi connectivity index (χ4v) is 1.24. The van der Waals surface area contributed by atoms with E-state index in [1.54, 1.807) is 0 Å². The average molecular weight is 137 g/mol. The van der Waals surface area contributed by atoms with Crippen LogP contribution >= 0.6 is 0 Å². The molecular formula is C8H11NO. The van der Waals surface area contributed by atoms with Crippen LogP contribution in [-0.2, 0) is 10.3 Å². The van der Waals surface area contributed by atoms with Gasteiger partial charge in [-0.05, 0) is 19.1 Å². The van der Waals surface area contributed by atoms with Gasteiger partial charge in [0, 0.05) is 12.4 Å². The van der Waals surface area contributed by atoms with E-state index >= 15 is 0 Å². The number of aromatic nitrogens is 1. The van der Waals surface area contributed by atoms with E-state index in [0.29, 0.717) is 0 Å². The number of hydrogen-bond acceptors (Lipinski definition) is 1. The van der Waals surface area contributed by atoms with Crippen LogP contribution in [0.25, 0.3) is 0 Å². The number of nitrogens with zero attached hydrogens (tertiary/aromatic N) is 1. The maximum atomic E-state index is 5.14. The van der Waals surface area contributed by atoms with Gasteiger partial charge in [0.2, 0.25) is 0 Å². The molecule has 54 valence electrons. The van der Waals surface area contributed by atoms with E-state index in [1.165, 1.54) is 0 Å². The molecule has 1 fully saturated rings. The molecule has 0 aliphatic carbocycles. The summed E-state index contributed by atoms with van der Waals surface area (Å²) in [4.78, 5) is 0. The van der Waals surface area contributed by atoms with Crippen molar-refractivity contribution >= 4 is 0 Å². The van der Waals surface area contributed by atoms with E-state index < -0.39 is 0 Å². The predicted octanol–water partition coefficient (Wildman–Crippen LogP) is 1.23. The standard InChI is InChI=1S/C8H11NO/c1-8(6-10-7-8)9-4-2-3-5-9/h2-5H,6-7H2,1H3. The fourth-order valence-electron chi connectivity index (χ4n) is 1.24. The Hall–Kier alpha value is -0.760. The molecule has 1 aliphatic heterocycles. The summed E-state index contributed by atoms with van der Waals surface area (Å²) in [5.41, 5.74) is 0.240. The quantitative estimate of drug-likeness (QED) is 0.568. The SMILES string of the molecule is CC1(n2cccc2)COC1. The van der Waals surface area contributed by atoms with E-state index in [-0.39, 0.29) is 5.54 Å². The van der Waals surface area contributed by atoms with E-state index in [1.807, 2.05) is 12.1 Å². The Balaban J connectivity index is 2.27. The Morgan fingerprint density at radius 2 is 1.90 bits per heavy atom. The molecule has 0 aromatic carbocycles. The van der Waals surface area contributed by atoms with Crippen molar-refractivity contribution in [3.63, 3.8) is 0 Å². The lowest BCUT2D eigenvalue weighted by Gasteiger charge is -2.39. The summed E-state index contributed by atoms with van der Waals surface area (Å²) in [6, 6.07) is 4.09. The summed E-state index contributed by atoms with van der Waals surface area (Å²) in [5, 5.41) is 0. The molecule has 1 aromatic rings. The third-order valence-electron chi connectivity index (χ3n) is 2.05. The molecule has 0 amide bonds. The van der Waals surface area contributed by atoms with Gasteiger partial charge in [-0.2, -0.15) is 0 Å². The smallest absolute Gasteiger partial charge is 0.0876 e. The minimum absolute atomic E-state index is 0.240. The van der Waals surface area contributed by atoms with Crippen LogP contribution in [0.2, 0.25) is 0 Å². The van der Waals surface area contributed by atoms with Gasteiger partial charge in [0.1, 0.15) is 0 Å². The first-order valence-electron chi connectivity index (χ1n) is 3.52. The van der Waals surface area contributed by atoms with Crippen LogP contribution in [0, 0.1) is 0 Å². The average Bonchev–Trinajstić information content (AvgIpc) is 2.33. The highest BCUT2D eigenvalue weighted by atomic mass is 16.5. The third kappa shape index (κ3) is 0.688. The highest BCUT2D eigenvalue weighted by molar-refractivity contribution is 4.99. The first kappa shape index (κ1) is 5.98. The molecule has 2 heteroatoms. The number of hydrogen-bond donors (Lipinski definition) is 0. The summed E-state index contributed by atoms with van der Waals surface area (Å²) in [6.07, 6.45) is 4.17. The molecule has 0 radical (unpaired) electrons. The Kier molecular flexibility index (Phi) is 1.11. The van der Waals surface area contributed by atoms with Crippen molar-refractivity contribution in [3.05, 3.63) is 24.5 Å². The summed E-state index contributed by atoms with van der Waals surface area (Å²) < 4.78 is 7.35. The molecule has 0 saturated carbocycles. The molecule has 1 aliphatic rings. The molecule has 1 saturated heterocycles. The molecule has 0 atom stereocenters. The Labute approximate surface area is 60.4 Å². The lowest BCUT2D eigenvalue weighted by Crippen LogP contribution is -2.48.